The Morgan fingerprint density at radius 2 is 2.00 bits per heavy atom. The van der Waals surface area contributed by atoms with E-state index in [1.54, 1.807) is 4.90 Å². The Morgan fingerprint density at radius 3 is 2.53 bits per heavy atom. The van der Waals surface area contributed by atoms with Crippen LogP contribution in [0.5, 0.6) is 0 Å². The molecule has 3 nitrogen and oxygen atoms in total. The fourth-order valence-corrected chi connectivity index (χ4v) is 1.73. The average Bonchev–Trinajstić information content (AvgIpc) is 2.36. The van der Waals surface area contributed by atoms with Gasteiger partial charge in [0.1, 0.15) is 0 Å². The first-order valence-corrected chi connectivity index (χ1v) is 6.13. The molecule has 1 N–H and O–H groups in total. The molecule has 0 saturated heterocycles. The standard InChI is InChI=1S/C14H21NO2/c1-3-7-14(17)15(12(2)11-16)10-13-8-5-4-6-9-13/h4-6,8-9,12,16H,3,7,10-11H2,1-2H3/t12-/m0/s1. The van der Waals surface area contributed by atoms with Crippen molar-refractivity contribution in [2.24, 2.45) is 0 Å². The molecular weight excluding hydrogens is 214 g/mol. The highest BCUT2D eigenvalue weighted by molar-refractivity contribution is 5.76. The first-order chi connectivity index (χ1) is 8.19. The smallest absolute Gasteiger partial charge is 0.223 e. The van der Waals surface area contributed by atoms with Gasteiger partial charge in [0.15, 0.2) is 0 Å². The zero-order valence-corrected chi connectivity index (χ0v) is 10.6. The highest BCUT2D eigenvalue weighted by atomic mass is 16.3. The number of aliphatic hydroxyl groups excluding tert-OH is 1. The van der Waals surface area contributed by atoms with E-state index >= 15 is 0 Å². The van der Waals surface area contributed by atoms with Crippen LogP contribution in [0.15, 0.2) is 30.3 Å². The Kier molecular flexibility index (Phi) is 5.70. The second kappa shape index (κ2) is 7.07. The first kappa shape index (κ1) is 13.7. The van der Waals surface area contributed by atoms with Crippen molar-refractivity contribution in [1.82, 2.24) is 4.90 Å². The number of nitrogens with zero attached hydrogens (tertiary/aromatic N) is 1. The van der Waals surface area contributed by atoms with Crippen molar-refractivity contribution in [3.63, 3.8) is 0 Å². The number of benzene rings is 1. The molecule has 0 heterocycles. The van der Waals surface area contributed by atoms with Crippen molar-refractivity contribution in [2.75, 3.05) is 6.61 Å². The largest absolute Gasteiger partial charge is 0.394 e. The molecule has 1 aromatic rings. The number of hydrogen-bond donors (Lipinski definition) is 1. The average molecular weight is 235 g/mol. The fraction of sp³-hybridized carbons (Fsp3) is 0.500. The lowest BCUT2D eigenvalue weighted by molar-refractivity contribution is -0.134. The lowest BCUT2D eigenvalue weighted by atomic mass is 10.1. The van der Waals surface area contributed by atoms with Crippen molar-refractivity contribution in [3.05, 3.63) is 35.9 Å². The van der Waals surface area contributed by atoms with Crippen LogP contribution in [0.2, 0.25) is 0 Å². The molecule has 0 radical (unpaired) electrons. The van der Waals surface area contributed by atoms with Crippen molar-refractivity contribution >= 4 is 5.91 Å². The molecule has 94 valence electrons. The van der Waals surface area contributed by atoms with Crippen LogP contribution in [0.1, 0.15) is 32.3 Å². The summed E-state index contributed by atoms with van der Waals surface area (Å²) in [5.41, 5.74) is 1.09. The predicted octanol–water partition coefficient (Wildman–Crippen LogP) is 2.20. The maximum absolute atomic E-state index is 12.0. The van der Waals surface area contributed by atoms with Crippen LogP contribution in [0.3, 0.4) is 0 Å². The third kappa shape index (κ3) is 4.19. The monoisotopic (exact) mass is 235 g/mol. The molecule has 0 aliphatic carbocycles. The maximum Gasteiger partial charge on any atom is 0.223 e. The number of carbonyl (C=O) groups is 1. The highest BCUT2D eigenvalue weighted by Gasteiger charge is 2.18. The van der Waals surface area contributed by atoms with Crippen LogP contribution < -0.4 is 0 Å². The summed E-state index contributed by atoms with van der Waals surface area (Å²) in [6, 6.07) is 9.74. The summed E-state index contributed by atoms with van der Waals surface area (Å²) in [6.45, 7) is 4.43. The Morgan fingerprint density at radius 1 is 1.35 bits per heavy atom. The first-order valence-electron chi connectivity index (χ1n) is 6.13. The Labute approximate surface area is 103 Å². The molecule has 0 aromatic heterocycles. The van der Waals surface area contributed by atoms with Crippen molar-refractivity contribution in [3.8, 4) is 0 Å². The quantitative estimate of drug-likeness (QED) is 0.821. The molecule has 17 heavy (non-hydrogen) atoms. The number of rotatable bonds is 6. The van der Waals surface area contributed by atoms with E-state index in [0.29, 0.717) is 13.0 Å². The molecule has 1 aromatic carbocycles. The van der Waals surface area contributed by atoms with Gasteiger partial charge in [0, 0.05) is 13.0 Å². The summed E-state index contributed by atoms with van der Waals surface area (Å²) in [5, 5.41) is 9.21. The van der Waals surface area contributed by atoms with Crippen LogP contribution in [0.4, 0.5) is 0 Å². The van der Waals surface area contributed by atoms with Gasteiger partial charge in [0.2, 0.25) is 5.91 Å². The van der Waals surface area contributed by atoms with Gasteiger partial charge in [-0.05, 0) is 18.9 Å². The van der Waals surface area contributed by atoms with Gasteiger partial charge in [-0.15, -0.1) is 0 Å². The normalized spacial score (nSPS) is 12.2. The molecule has 0 aliphatic heterocycles. The summed E-state index contributed by atoms with van der Waals surface area (Å²) in [5.74, 6) is 0.109. The summed E-state index contributed by atoms with van der Waals surface area (Å²) in [7, 11) is 0. The van der Waals surface area contributed by atoms with E-state index in [4.69, 9.17) is 0 Å². The van der Waals surface area contributed by atoms with E-state index in [9.17, 15) is 9.90 Å². The predicted molar refractivity (Wildman–Crippen MR) is 68.4 cm³/mol. The van der Waals surface area contributed by atoms with Gasteiger partial charge < -0.3 is 10.0 Å². The van der Waals surface area contributed by atoms with Gasteiger partial charge in [-0.1, -0.05) is 37.3 Å². The van der Waals surface area contributed by atoms with Gasteiger partial charge >= 0.3 is 0 Å². The van der Waals surface area contributed by atoms with Crippen LogP contribution in [0, 0.1) is 0 Å². The fourth-order valence-electron chi connectivity index (χ4n) is 1.73. The molecule has 0 saturated carbocycles. The molecule has 0 unspecified atom stereocenters. The van der Waals surface area contributed by atoms with Crippen molar-refractivity contribution < 1.29 is 9.90 Å². The number of hydrogen-bond acceptors (Lipinski definition) is 2. The molecule has 0 fully saturated rings. The SMILES string of the molecule is CCCC(=O)N(Cc1ccccc1)[C@@H](C)CO. The zero-order chi connectivity index (χ0) is 12.7. The van der Waals surface area contributed by atoms with Crippen molar-refractivity contribution in [1.29, 1.82) is 0 Å². The lowest BCUT2D eigenvalue weighted by Crippen LogP contribution is -2.40. The summed E-state index contributed by atoms with van der Waals surface area (Å²) < 4.78 is 0. The van der Waals surface area contributed by atoms with E-state index in [-0.39, 0.29) is 18.6 Å². The topological polar surface area (TPSA) is 40.5 Å². The van der Waals surface area contributed by atoms with E-state index < -0.39 is 0 Å². The number of amides is 1. The van der Waals surface area contributed by atoms with Crippen LogP contribution in [-0.4, -0.2) is 28.6 Å². The molecular formula is C14H21NO2. The Bertz CT molecular complexity index is 337. The van der Waals surface area contributed by atoms with Crippen LogP contribution >= 0.6 is 0 Å². The van der Waals surface area contributed by atoms with Crippen LogP contribution in [-0.2, 0) is 11.3 Å². The van der Waals surface area contributed by atoms with Crippen molar-refractivity contribution in [2.45, 2.75) is 39.3 Å². The molecule has 1 rings (SSSR count). The Hall–Kier alpha value is -1.35. The maximum atomic E-state index is 12.0. The minimum atomic E-state index is -0.130. The molecule has 0 spiro atoms. The highest BCUT2D eigenvalue weighted by Crippen LogP contribution is 2.10. The molecule has 0 bridgehead atoms. The second-order valence-electron chi connectivity index (χ2n) is 4.29. The lowest BCUT2D eigenvalue weighted by Gasteiger charge is -2.28. The number of carbonyl (C=O) groups excluding carboxylic acids is 1. The zero-order valence-electron chi connectivity index (χ0n) is 10.6. The minimum Gasteiger partial charge on any atom is -0.394 e. The van der Waals surface area contributed by atoms with Gasteiger partial charge in [0.05, 0.1) is 12.6 Å². The van der Waals surface area contributed by atoms with Gasteiger partial charge in [-0.25, -0.2) is 0 Å². The van der Waals surface area contributed by atoms with E-state index in [2.05, 4.69) is 0 Å². The summed E-state index contributed by atoms with van der Waals surface area (Å²) in [6.07, 6.45) is 1.37. The van der Waals surface area contributed by atoms with Gasteiger partial charge in [-0.3, -0.25) is 4.79 Å². The van der Waals surface area contributed by atoms with Gasteiger partial charge in [0.25, 0.3) is 0 Å². The molecule has 1 amide bonds. The minimum absolute atomic E-state index is 0.00227. The number of aliphatic hydroxyl groups is 1. The second-order valence-corrected chi connectivity index (χ2v) is 4.29. The third-order valence-electron chi connectivity index (χ3n) is 2.78. The molecule has 0 aliphatic rings. The Balaban J connectivity index is 2.73. The van der Waals surface area contributed by atoms with E-state index in [1.807, 2.05) is 44.2 Å². The van der Waals surface area contributed by atoms with E-state index in [1.165, 1.54) is 0 Å². The molecule has 1 atom stereocenters. The summed E-state index contributed by atoms with van der Waals surface area (Å²) in [4.78, 5) is 13.7. The molecule has 3 heteroatoms. The van der Waals surface area contributed by atoms with E-state index in [0.717, 1.165) is 12.0 Å². The van der Waals surface area contributed by atoms with Crippen LogP contribution in [0.25, 0.3) is 0 Å². The summed E-state index contributed by atoms with van der Waals surface area (Å²) >= 11 is 0. The van der Waals surface area contributed by atoms with Gasteiger partial charge in [-0.2, -0.15) is 0 Å². The third-order valence-corrected chi connectivity index (χ3v) is 2.78.